The van der Waals surface area contributed by atoms with Crippen molar-refractivity contribution in [3.8, 4) is 0 Å². The number of aryl methyl sites for hydroxylation is 1. The fourth-order valence-electron chi connectivity index (χ4n) is 1.75. The molecule has 0 bridgehead atoms. The van der Waals surface area contributed by atoms with E-state index >= 15 is 0 Å². The van der Waals surface area contributed by atoms with E-state index in [1.165, 1.54) is 5.56 Å². The monoisotopic (exact) mass is 264 g/mol. The number of methoxy groups -OCH3 is 1. The van der Waals surface area contributed by atoms with E-state index in [0.29, 0.717) is 18.3 Å². The Morgan fingerprint density at radius 2 is 2.21 bits per heavy atom. The molecule has 0 aliphatic rings. The van der Waals surface area contributed by atoms with Crippen molar-refractivity contribution in [2.24, 2.45) is 0 Å². The molecule has 0 radical (unpaired) electrons. The van der Waals surface area contributed by atoms with Gasteiger partial charge in [0.1, 0.15) is 6.54 Å². The van der Waals surface area contributed by atoms with Crippen molar-refractivity contribution >= 4 is 0 Å². The minimum absolute atomic E-state index is 0.616. The highest BCUT2D eigenvalue weighted by Gasteiger charge is 2.05. The number of ether oxygens (including phenoxy) is 1. The van der Waals surface area contributed by atoms with E-state index in [1.807, 2.05) is 17.7 Å². The molecule has 2 aromatic rings. The first-order chi connectivity index (χ1) is 9.31. The lowest BCUT2D eigenvalue weighted by Crippen LogP contribution is -2.18. The number of nitrogens with zero attached hydrogens (tertiary/aromatic N) is 3. The van der Waals surface area contributed by atoms with Gasteiger partial charge in [-0.2, -0.15) is 0 Å². The lowest BCUT2D eigenvalue weighted by Gasteiger charge is -2.01. The van der Waals surface area contributed by atoms with Gasteiger partial charge in [0, 0.05) is 39.0 Å². The molecule has 0 aliphatic heterocycles. The molecule has 2 aromatic heterocycles. The molecule has 2 rings (SSSR count). The Morgan fingerprint density at radius 1 is 1.37 bits per heavy atom. The summed E-state index contributed by atoms with van der Waals surface area (Å²) in [5.74, 6) is 1.33. The van der Waals surface area contributed by atoms with Crippen molar-refractivity contribution in [1.29, 1.82) is 0 Å². The molecule has 0 atom stereocenters. The molecule has 0 fully saturated rings. The summed E-state index contributed by atoms with van der Waals surface area (Å²) in [4.78, 5) is 0. The molecule has 0 saturated heterocycles. The third-order valence-electron chi connectivity index (χ3n) is 2.75. The zero-order chi connectivity index (χ0) is 13.5. The Hall–Kier alpha value is -1.66. The van der Waals surface area contributed by atoms with Crippen LogP contribution >= 0.6 is 0 Å². The van der Waals surface area contributed by atoms with Crippen molar-refractivity contribution in [2.75, 3.05) is 20.3 Å². The van der Waals surface area contributed by atoms with Gasteiger partial charge in [0.15, 0.2) is 0 Å². The average molecular weight is 264 g/mol. The topological polar surface area (TPSA) is 65.1 Å². The van der Waals surface area contributed by atoms with Crippen LogP contribution in [-0.2, 0) is 24.2 Å². The number of hydrogen-bond donors (Lipinski definition) is 1. The van der Waals surface area contributed by atoms with Crippen LogP contribution in [0.25, 0.3) is 0 Å². The van der Waals surface area contributed by atoms with Crippen molar-refractivity contribution in [3.63, 3.8) is 0 Å². The van der Waals surface area contributed by atoms with Gasteiger partial charge in [-0.15, -0.1) is 10.2 Å². The predicted octanol–water partition coefficient (Wildman–Crippen LogP) is 1.22. The highest BCUT2D eigenvalue weighted by molar-refractivity contribution is 5.10. The maximum atomic E-state index is 5.48. The fourth-order valence-corrected chi connectivity index (χ4v) is 1.75. The van der Waals surface area contributed by atoms with Crippen LogP contribution in [-0.4, -0.2) is 35.0 Å². The molecular weight excluding hydrogens is 244 g/mol. The van der Waals surface area contributed by atoms with Crippen molar-refractivity contribution in [1.82, 2.24) is 20.1 Å². The molecule has 0 saturated carbocycles. The Balaban J connectivity index is 1.83. The molecule has 0 aromatic carbocycles. The summed E-state index contributed by atoms with van der Waals surface area (Å²) in [5, 5.41) is 11.3. The predicted molar refractivity (Wildman–Crippen MR) is 70.8 cm³/mol. The third kappa shape index (κ3) is 4.18. The van der Waals surface area contributed by atoms with E-state index in [-0.39, 0.29) is 0 Å². The number of aromatic nitrogens is 3. The molecule has 6 heteroatoms. The highest BCUT2D eigenvalue weighted by Crippen LogP contribution is 2.06. The van der Waals surface area contributed by atoms with Gasteiger partial charge in [0.25, 0.3) is 0 Å². The minimum atomic E-state index is 0.616. The molecule has 1 N–H and O–H groups in total. The normalized spacial score (nSPS) is 11.1. The molecule has 104 valence electrons. The second-order valence-corrected chi connectivity index (χ2v) is 4.30. The van der Waals surface area contributed by atoms with E-state index < -0.39 is 0 Å². The average Bonchev–Trinajstić information content (AvgIpc) is 3.05. The highest BCUT2D eigenvalue weighted by atomic mass is 16.5. The zero-order valence-corrected chi connectivity index (χ0v) is 11.4. The smallest absolute Gasteiger partial charge is 0.236 e. The van der Waals surface area contributed by atoms with Gasteiger partial charge in [0.2, 0.25) is 11.8 Å². The maximum Gasteiger partial charge on any atom is 0.236 e. The van der Waals surface area contributed by atoms with Crippen LogP contribution in [0.1, 0.15) is 24.3 Å². The second kappa shape index (κ2) is 7.06. The summed E-state index contributed by atoms with van der Waals surface area (Å²) in [6.07, 6.45) is 4.87. The number of rotatable bonds is 8. The van der Waals surface area contributed by atoms with Crippen LogP contribution in [0.5, 0.6) is 0 Å². The molecule has 6 nitrogen and oxygen atoms in total. The van der Waals surface area contributed by atoms with Crippen molar-refractivity contribution in [3.05, 3.63) is 35.8 Å². The van der Waals surface area contributed by atoms with E-state index in [1.54, 1.807) is 7.11 Å². The molecular formula is C13H20N4O2. The number of nitrogens with one attached hydrogen (secondary N) is 1. The van der Waals surface area contributed by atoms with Gasteiger partial charge < -0.3 is 19.0 Å². The van der Waals surface area contributed by atoms with Gasteiger partial charge in [-0.3, -0.25) is 0 Å². The maximum absolute atomic E-state index is 5.48. The minimum Gasteiger partial charge on any atom is -0.423 e. The van der Waals surface area contributed by atoms with E-state index in [2.05, 4.69) is 27.8 Å². The first-order valence-electron chi connectivity index (χ1n) is 6.47. The first kappa shape index (κ1) is 13.8. The summed E-state index contributed by atoms with van der Waals surface area (Å²) < 4.78 is 12.5. The summed E-state index contributed by atoms with van der Waals surface area (Å²) in [7, 11) is 1.70. The van der Waals surface area contributed by atoms with E-state index in [4.69, 9.17) is 9.15 Å². The Morgan fingerprint density at radius 3 is 2.95 bits per heavy atom. The molecule has 19 heavy (non-hydrogen) atoms. The van der Waals surface area contributed by atoms with Crippen LogP contribution in [0, 0.1) is 0 Å². The quantitative estimate of drug-likeness (QED) is 0.726. The molecule has 0 aliphatic carbocycles. The Kier molecular flexibility index (Phi) is 5.11. The lowest BCUT2D eigenvalue weighted by molar-refractivity contribution is 0.199. The van der Waals surface area contributed by atoms with Crippen LogP contribution in [0.15, 0.2) is 22.9 Å². The standard InChI is InChI=1S/C13H20N4O2/c1-3-12-15-16-13(19-12)10-17-6-4-11(9-17)8-14-5-7-18-2/h4,6,9,14H,3,5,7-8,10H2,1-2H3. The summed E-state index contributed by atoms with van der Waals surface area (Å²) >= 11 is 0. The van der Waals surface area contributed by atoms with Gasteiger partial charge in [-0.1, -0.05) is 6.92 Å². The van der Waals surface area contributed by atoms with Crippen molar-refractivity contribution in [2.45, 2.75) is 26.4 Å². The van der Waals surface area contributed by atoms with E-state index in [9.17, 15) is 0 Å². The van der Waals surface area contributed by atoms with Crippen LogP contribution < -0.4 is 5.32 Å². The summed E-state index contributed by atoms with van der Waals surface area (Å²) in [6, 6.07) is 2.08. The molecule has 0 spiro atoms. The molecule has 0 unspecified atom stereocenters. The van der Waals surface area contributed by atoms with Gasteiger partial charge in [-0.05, 0) is 11.6 Å². The SMILES string of the molecule is CCc1nnc(Cn2ccc(CNCCOC)c2)o1. The Bertz CT molecular complexity index is 492. The van der Waals surface area contributed by atoms with Crippen LogP contribution in [0.3, 0.4) is 0 Å². The first-order valence-corrected chi connectivity index (χ1v) is 6.47. The fraction of sp³-hybridized carbons (Fsp3) is 0.538. The second-order valence-electron chi connectivity index (χ2n) is 4.30. The largest absolute Gasteiger partial charge is 0.423 e. The third-order valence-corrected chi connectivity index (χ3v) is 2.75. The summed E-state index contributed by atoms with van der Waals surface area (Å²) in [5.41, 5.74) is 1.23. The number of hydrogen-bond acceptors (Lipinski definition) is 5. The Labute approximate surface area is 112 Å². The lowest BCUT2D eigenvalue weighted by atomic mass is 10.3. The van der Waals surface area contributed by atoms with Crippen LogP contribution in [0.2, 0.25) is 0 Å². The van der Waals surface area contributed by atoms with Crippen molar-refractivity contribution < 1.29 is 9.15 Å². The van der Waals surface area contributed by atoms with Gasteiger partial charge in [-0.25, -0.2) is 0 Å². The zero-order valence-electron chi connectivity index (χ0n) is 11.4. The van der Waals surface area contributed by atoms with Gasteiger partial charge in [0.05, 0.1) is 6.61 Å². The molecule has 0 amide bonds. The molecule has 2 heterocycles. The summed E-state index contributed by atoms with van der Waals surface area (Å²) in [6.45, 7) is 5.02. The van der Waals surface area contributed by atoms with E-state index in [0.717, 1.165) is 26.1 Å². The van der Waals surface area contributed by atoms with Crippen LogP contribution in [0.4, 0.5) is 0 Å². The van der Waals surface area contributed by atoms with Gasteiger partial charge >= 0.3 is 0 Å².